The zero-order valence-electron chi connectivity index (χ0n) is 15.2. The van der Waals surface area contributed by atoms with Gasteiger partial charge < -0.3 is 15.4 Å². The van der Waals surface area contributed by atoms with E-state index in [0.717, 1.165) is 11.4 Å². The van der Waals surface area contributed by atoms with Crippen LogP contribution < -0.4 is 15.4 Å². The monoisotopic (exact) mass is 398 g/mol. The van der Waals surface area contributed by atoms with Crippen LogP contribution in [0.15, 0.2) is 53.7 Å². The van der Waals surface area contributed by atoms with E-state index in [1.807, 2.05) is 12.1 Å². The molecule has 9 nitrogen and oxygen atoms in total. The lowest BCUT2D eigenvalue weighted by Gasteiger charge is -2.07. The average molecular weight is 398 g/mol. The fourth-order valence-electron chi connectivity index (χ4n) is 2.36. The lowest BCUT2D eigenvalue weighted by atomic mass is 10.2. The van der Waals surface area contributed by atoms with Gasteiger partial charge in [0.2, 0.25) is 11.1 Å². The second-order valence-corrected chi connectivity index (χ2v) is 6.51. The predicted octanol–water partition coefficient (Wildman–Crippen LogP) is 1.76. The first-order chi connectivity index (χ1) is 13.6. The standard InChI is InChI=1S/C18H18N6O3S/c1-19-17(26)12-4-3-5-13(10-12)20-16(25)11-28-18-21-22-23-24(18)14-6-8-15(27-2)9-7-14/h3-10H,11H2,1-2H3,(H,19,26)(H,20,25). The van der Waals surface area contributed by atoms with Gasteiger partial charge in [0.15, 0.2) is 0 Å². The van der Waals surface area contributed by atoms with E-state index in [4.69, 9.17) is 4.74 Å². The maximum Gasteiger partial charge on any atom is 0.251 e. The normalized spacial score (nSPS) is 10.4. The van der Waals surface area contributed by atoms with Crippen molar-refractivity contribution in [2.75, 3.05) is 25.2 Å². The number of tetrazole rings is 1. The molecule has 0 aliphatic rings. The minimum absolute atomic E-state index is 0.112. The van der Waals surface area contributed by atoms with E-state index in [1.165, 1.54) is 11.8 Å². The zero-order valence-corrected chi connectivity index (χ0v) is 16.1. The van der Waals surface area contributed by atoms with E-state index in [0.29, 0.717) is 16.4 Å². The van der Waals surface area contributed by atoms with Crippen molar-refractivity contribution < 1.29 is 14.3 Å². The van der Waals surface area contributed by atoms with Crippen molar-refractivity contribution in [1.82, 2.24) is 25.5 Å². The highest BCUT2D eigenvalue weighted by molar-refractivity contribution is 7.99. The van der Waals surface area contributed by atoms with E-state index in [1.54, 1.807) is 55.2 Å². The molecule has 28 heavy (non-hydrogen) atoms. The smallest absolute Gasteiger partial charge is 0.251 e. The maximum absolute atomic E-state index is 12.3. The Bertz CT molecular complexity index is 973. The number of anilines is 1. The SMILES string of the molecule is CNC(=O)c1cccc(NC(=O)CSc2nnnn2-c2ccc(OC)cc2)c1. The molecule has 0 unspecified atom stereocenters. The average Bonchev–Trinajstić information content (AvgIpc) is 3.20. The maximum atomic E-state index is 12.3. The fraction of sp³-hybridized carbons (Fsp3) is 0.167. The van der Waals surface area contributed by atoms with Gasteiger partial charge in [-0.15, -0.1) is 5.10 Å². The first-order valence-corrected chi connectivity index (χ1v) is 9.27. The first kappa shape index (κ1) is 19.4. The molecule has 0 spiro atoms. The van der Waals surface area contributed by atoms with E-state index in [9.17, 15) is 9.59 Å². The van der Waals surface area contributed by atoms with Gasteiger partial charge in [-0.2, -0.15) is 4.68 Å². The molecule has 1 heterocycles. The highest BCUT2D eigenvalue weighted by atomic mass is 32.2. The Morgan fingerprint density at radius 3 is 2.68 bits per heavy atom. The Hall–Kier alpha value is -3.40. The van der Waals surface area contributed by atoms with Crippen LogP contribution >= 0.6 is 11.8 Å². The minimum Gasteiger partial charge on any atom is -0.497 e. The number of methoxy groups -OCH3 is 1. The summed E-state index contributed by atoms with van der Waals surface area (Å²) >= 11 is 1.21. The van der Waals surface area contributed by atoms with Gasteiger partial charge >= 0.3 is 0 Å². The number of ether oxygens (including phenoxy) is 1. The number of benzene rings is 2. The summed E-state index contributed by atoms with van der Waals surface area (Å²) in [6.45, 7) is 0. The quantitative estimate of drug-likeness (QED) is 0.583. The third-order valence-electron chi connectivity index (χ3n) is 3.73. The number of aromatic nitrogens is 4. The number of carbonyl (C=O) groups excluding carboxylic acids is 2. The van der Waals surface area contributed by atoms with Crippen LogP contribution in [0.1, 0.15) is 10.4 Å². The van der Waals surface area contributed by atoms with Crippen molar-refractivity contribution in [2.24, 2.45) is 0 Å². The van der Waals surface area contributed by atoms with Crippen molar-refractivity contribution >= 4 is 29.3 Å². The van der Waals surface area contributed by atoms with Gasteiger partial charge in [-0.05, 0) is 52.9 Å². The second-order valence-electron chi connectivity index (χ2n) is 5.57. The van der Waals surface area contributed by atoms with Crippen molar-refractivity contribution in [2.45, 2.75) is 5.16 Å². The molecule has 2 amide bonds. The minimum atomic E-state index is -0.233. The van der Waals surface area contributed by atoms with E-state index < -0.39 is 0 Å². The first-order valence-electron chi connectivity index (χ1n) is 8.28. The number of nitrogens with zero attached hydrogens (tertiary/aromatic N) is 4. The summed E-state index contributed by atoms with van der Waals surface area (Å²) in [5, 5.41) is 17.4. The Morgan fingerprint density at radius 2 is 1.96 bits per heavy atom. The third kappa shape index (κ3) is 4.65. The summed E-state index contributed by atoms with van der Waals surface area (Å²) < 4.78 is 6.68. The van der Waals surface area contributed by atoms with Gasteiger partial charge in [0.25, 0.3) is 5.91 Å². The largest absolute Gasteiger partial charge is 0.497 e. The second kappa shape index (κ2) is 9.00. The molecule has 0 saturated heterocycles. The van der Waals surface area contributed by atoms with Crippen LogP contribution in [0.25, 0.3) is 5.69 Å². The van der Waals surface area contributed by atoms with Crippen molar-refractivity contribution in [1.29, 1.82) is 0 Å². The molecule has 3 rings (SSSR count). The molecule has 2 aromatic carbocycles. The van der Waals surface area contributed by atoms with Crippen molar-refractivity contribution in [3.05, 3.63) is 54.1 Å². The Morgan fingerprint density at radius 1 is 1.18 bits per heavy atom. The lowest BCUT2D eigenvalue weighted by Crippen LogP contribution is -2.19. The molecule has 144 valence electrons. The van der Waals surface area contributed by atoms with Gasteiger partial charge in [0.1, 0.15) is 5.75 Å². The van der Waals surface area contributed by atoms with Crippen molar-refractivity contribution in [3.8, 4) is 11.4 Å². The number of nitrogens with one attached hydrogen (secondary N) is 2. The number of carbonyl (C=O) groups is 2. The molecular formula is C18H18N6O3S. The topological polar surface area (TPSA) is 111 Å². The molecule has 0 atom stereocenters. The Labute approximate surface area is 165 Å². The van der Waals surface area contributed by atoms with Gasteiger partial charge in [-0.1, -0.05) is 17.8 Å². The molecule has 2 N–H and O–H groups in total. The van der Waals surface area contributed by atoms with Gasteiger partial charge in [0.05, 0.1) is 18.6 Å². The van der Waals surface area contributed by atoms with Crippen LogP contribution in [0.3, 0.4) is 0 Å². The van der Waals surface area contributed by atoms with Crippen LogP contribution in [0, 0.1) is 0 Å². The van der Waals surface area contributed by atoms with Gasteiger partial charge in [0, 0.05) is 18.3 Å². The van der Waals surface area contributed by atoms with Gasteiger partial charge in [-0.25, -0.2) is 0 Å². The van der Waals surface area contributed by atoms with E-state index in [-0.39, 0.29) is 17.6 Å². The summed E-state index contributed by atoms with van der Waals surface area (Å²) in [5.74, 6) is 0.387. The summed E-state index contributed by atoms with van der Waals surface area (Å²) in [5.41, 5.74) is 1.77. The van der Waals surface area contributed by atoms with E-state index >= 15 is 0 Å². The number of thioether (sulfide) groups is 1. The summed E-state index contributed by atoms with van der Waals surface area (Å²) in [6, 6.07) is 14.0. The molecule has 0 aliphatic heterocycles. The third-order valence-corrected chi connectivity index (χ3v) is 4.65. The van der Waals surface area contributed by atoms with Crippen LogP contribution in [-0.4, -0.2) is 51.9 Å². The van der Waals surface area contributed by atoms with E-state index in [2.05, 4.69) is 26.2 Å². The number of rotatable bonds is 7. The Kier molecular flexibility index (Phi) is 6.22. The zero-order chi connectivity index (χ0) is 19.9. The summed E-state index contributed by atoms with van der Waals surface area (Å²) in [6.07, 6.45) is 0. The molecule has 3 aromatic rings. The molecule has 0 fully saturated rings. The number of hydrogen-bond acceptors (Lipinski definition) is 7. The summed E-state index contributed by atoms with van der Waals surface area (Å²) in [4.78, 5) is 23.9. The molecule has 0 aliphatic carbocycles. The summed E-state index contributed by atoms with van der Waals surface area (Å²) in [7, 11) is 3.15. The van der Waals surface area contributed by atoms with Crippen LogP contribution in [0.5, 0.6) is 5.75 Å². The Balaban J connectivity index is 1.63. The molecule has 10 heteroatoms. The number of hydrogen-bond donors (Lipinski definition) is 2. The predicted molar refractivity (Wildman–Crippen MR) is 105 cm³/mol. The number of amides is 2. The van der Waals surface area contributed by atoms with Crippen LogP contribution in [-0.2, 0) is 4.79 Å². The van der Waals surface area contributed by atoms with Gasteiger partial charge in [-0.3, -0.25) is 9.59 Å². The van der Waals surface area contributed by atoms with Crippen molar-refractivity contribution in [3.63, 3.8) is 0 Å². The molecule has 0 bridgehead atoms. The molecule has 1 aromatic heterocycles. The highest BCUT2D eigenvalue weighted by Gasteiger charge is 2.12. The lowest BCUT2D eigenvalue weighted by molar-refractivity contribution is -0.113. The van der Waals surface area contributed by atoms with Crippen LogP contribution in [0.2, 0.25) is 0 Å². The molecule has 0 radical (unpaired) electrons. The highest BCUT2D eigenvalue weighted by Crippen LogP contribution is 2.20. The molecule has 0 saturated carbocycles. The molecular weight excluding hydrogens is 380 g/mol. The fourth-order valence-corrected chi connectivity index (χ4v) is 3.05. The van der Waals surface area contributed by atoms with Crippen LogP contribution in [0.4, 0.5) is 5.69 Å².